The lowest BCUT2D eigenvalue weighted by molar-refractivity contribution is 0.0587. The summed E-state index contributed by atoms with van der Waals surface area (Å²) < 4.78 is 22.1. The minimum atomic E-state index is 0.143. The molecule has 0 saturated carbocycles. The lowest BCUT2D eigenvalue weighted by atomic mass is 10.1. The van der Waals surface area contributed by atoms with Crippen LogP contribution in [0.4, 0.5) is 0 Å². The lowest BCUT2D eigenvalue weighted by Gasteiger charge is -2.20. The SMILES string of the molecule is CCNC(COCCOC)c1ccc2c(c1)OCCCO2. The van der Waals surface area contributed by atoms with Gasteiger partial charge in [-0.3, -0.25) is 0 Å². The number of methoxy groups -OCH3 is 1. The smallest absolute Gasteiger partial charge is 0.161 e. The number of hydrogen-bond donors (Lipinski definition) is 1. The molecule has 118 valence electrons. The second kappa shape index (κ2) is 8.87. The van der Waals surface area contributed by atoms with Crippen LogP contribution in [0.1, 0.15) is 24.9 Å². The molecule has 1 aliphatic rings. The van der Waals surface area contributed by atoms with Crippen molar-refractivity contribution in [2.75, 3.05) is 46.7 Å². The first-order chi connectivity index (χ1) is 10.3. The molecule has 0 bridgehead atoms. The molecule has 0 saturated heterocycles. The Kier molecular flexibility index (Phi) is 6.79. The van der Waals surface area contributed by atoms with Gasteiger partial charge in [0.15, 0.2) is 11.5 Å². The van der Waals surface area contributed by atoms with Gasteiger partial charge in [0.05, 0.1) is 39.1 Å². The first-order valence-electron chi connectivity index (χ1n) is 7.54. The van der Waals surface area contributed by atoms with Crippen LogP contribution in [0.5, 0.6) is 11.5 Å². The van der Waals surface area contributed by atoms with Crippen molar-refractivity contribution in [3.8, 4) is 11.5 Å². The molecule has 0 fully saturated rings. The van der Waals surface area contributed by atoms with Crippen molar-refractivity contribution < 1.29 is 18.9 Å². The summed E-state index contributed by atoms with van der Waals surface area (Å²) in [6, 6.07) is 6.24. The predicted octanol–water partition coefficient (Wildman–Crippen LogP) is 2.16. The molecule has 2 rings (SSSR count). The molecule has 5 heteroatoms. The van der Waals surface area contributed by atoms with Gasteiger partial charge in [0.25, 0.3) is 0 Å². The zero-order chi connectivity index (χ0) is 14.9. The fourth-order valence-corrected chi connectivity index (χ4v) is 2.26. The van der Waals surface area contributed by atoms with E-state index in [-0.39, 0.29) is 6.04 Å². The van der Waals surface area contributed by atoms with E-state index in [0.29, 0.717) is 33.0 Å². The molecule has 0 radical (unpaired) electrons. The Morgan fingerprint density at radius 3 is 2.76 bits per heavy atom. The van der Waals surface area contributed by atoms with Crippen molar-refractivity contribution in [2.45, 2.75) is 19.4 Å². The van der Waals surface area contributed by atoms with Crippen LogP contribution in [-0.4, -0.2) is 46.7 Å². The third-order valence-corrected chi connectivity index (χ3v) is 3.34. The van der Waals surface area contributed by atoms with Gasteiger partial charge in [-0.25, -0.2) is 0 Å². The third-order valence-electron chi connectivity index (χ3n) is 3.34. The molecule has 1 unspecified atom stereocenters. The fraction of sp³-hybridized carbons (Fsp3) is 0.625. The van der Waals surface area contributed by atoms with Crippen LogP contribution in [0.15, 0.2) is 18.2 Å². The highest BCUT2D eigenvalue weighted by Gasteiger charge is 2.16. The van der Waals surface area contributed by atoms with Crippen LogP contribution in [0.25, 0.3) is 0 Å². The van der Waals surface area contributed by atoms with E-state index in [1.807, 2.05) is 12.1 Å². The Balaban J connectivity index is 2.03. The maximum atomic E-state index is 5.75. The highest BCUT2D eigenvalue weighted by Crippen LogP contribution is 2.32. The summed E-state index contributed by atoms with van der Waals surface area (Å²) in [6.45, 7) is 6.20. The van der Waals surface area contributed by atoms with Gasteiger partial charge in [-0.1, -0.05) is 13.0 Å². The molecule has 1 aliphatic heterocycles. The molecule has 1 aromatic rings. The molecular formula is C16H25NO4. The van der Waals surface area contributed by atoms with E-state index in [0.717, 1.165) is 30.0 Å². The Bertz CT molecular complexity index is 425. The number of likely N-dealkylation sites (N-methyl/N-ethyl adjacent to an activating group) is 1. The average molecular weight is 295 g/mol. The second-order valence-corrected chi connectivity index (χ2v) is 4.93. The van der Waals surface area contributed by atoms with Gasteiger partial charge in [0, 0.05) is 13.5 Å². The summed E-state index contributed by atoms with van der Waals surface area (Å²) in [6.07, 6.45) is 0.917. The van der Waals surface area contributed by atoms with Crippen molar-refractivity contribution >= 4 is 0 Å². The van der Waals surface area contributed by atoms with Gasteiger partial charge in [0.2, 0.25) is 0 Å². The molecular weight excluding hydrogens is 270 g/mol. The second-order valence-electron chi connectivity index (χ2n) is 4.93. The maximum Gasteiger partial charge on any atom is 0.161 e. The molecule has 1 heterocycles. The van der Waals surface area contributed by atoms with Crippen LogP contribution in [0.3, 0.4) is 0 Å². The molecule has 0 spiro atoms. The highest BCUT2D eigenvalue weighted by atomic mass is 16.5. The van der Waals surface area contributed by atoms with Gasteiger partial charge in [-0.2, -0.15) is 0 Å². The van der Waals surface area contributed by atoms with E-state index in [9.17, 15) is 0 Å². The predicted molar refractivity (Wildman–Crippen MR) is 81.2 cm³/mol. The van der Waals surface area contributed by atoms with Gasteiger partial charge < -0.3 is 24.3 Å². The normalized spacial score (nSPS) is 15.5. The summed E-state index contributed by atoms with van der Waals surface area (Å²) >= 11 is 0. The van der Waals surface area contributed by atoms with E-state index in [1.165, 1.54) is 0 Å². The zero-order valence-corrected chi connectivity index (χ0v) is 12.9. The summed E-state index contributed by atoms with van der Waals surface area (Å²) in [5.74, 6) is 1.65. The van der Waals surface area contributed by atoms with Crippen LogP contribution in [0.2, 0.25) is 0 Å². The lowest BCUT2D eigenvalue weighted by Crippen LogP contribution is -2.26. The Morgan fingerprint density at radius 1 is 1.19 bits per heavy atom. The minimum absolute atomic E-state index is 0.143. The Hall–Kier alpha value is -1.30. The van der Waals surface area contributed by atoms with Gasteiger partial charge in [0.1, 0.15) is 0 Å². The molecule has 21 heavy (non-hydrogen) atoms. The van der Waals surface area contributed by atoms with Crippen molar-refractivity contribution in [1.82, 2.24) is 5.32 Å². The molecule has 5 nitrogen and oxygen atoms in total. The topological polar surface area (TPSA) is 49.0 Å². The molecule has 1 N–H and O–H groups in total. The number of rotatable bonds is 8. The van der Waals surface area contributed by atoms with Gasteiger partial charge in [-0.15, -0.1) is 0 Å². The zero-order valence-electron chi connectivity index (χ0n) is 12.9. The van der Waals surface area contributed by atoms with Crippen LogP contribution >= 0.6 is 0 Å². The third kappa shape index (κ3) is 4.88. The van der Waals surface area contributed by atoms with Crippen molar-refractivity contribution in [2.24, 2.45) is 0 Å². The standard InChI is InChI=1S/C16H25NO4/c1-3-17-14(12-19-10-9-18-2)13-5-6-15-16(11-13)21-8-4-7-20-15/h5-6,11,14,17H,3-4,7-10,12H2,1-2H3. The quantitative estimate of drug-likeness (QED) is 0.745. The van der Waals surface area contributed by atoms with Crippen LogP contribution < -0.4 is 14.8 Å². The van der Waals surface area contributed by atoms with E-state index in [1.54, 1.807) is 7.11 Å². The fourth-order valence-electron chi connectivity index (χ4n) is 2.26. The summed E-state index contributed by atoms with van der Waals surface area (Å²) in [7, 11) is 1.68. The largest absolute Gasteiger partial charge is 0.490 e. The summed E-state index contributed by atoms with van der Waals surface area (Å²) in [5, 5.41) is 3.44. The molecule has 0 amide bonds. The van der Waals surface area contributed by atoms with Crippen molar-refractivity contribution in [1.29, 1.82) is 0 Å². The minimum Gasteiger partial charge on any atom is -0.490 e. The molecule has 1 aromatic carbocycles. The number of ether oxygens (including phenoxy) is 4. The van der Waals surface area contributed by atoms with Crippen LogP contribution in [0, 0.1) is 0 Å². The molecule has 0 aromatic heterocycles. The maximum absolute atomic E-state index is 5.75. The Labute approximate surface area is 126 Å². The van der Waals surface area contributed by atoms with Gasteiger partial charge in [-0.05, 0) is 24.2 Å². The van der Waals surface area contributed by atoms with E-state index < -0.39 is 0 Å². The average Bonchev–Trinajstić information content (AvgIpc) is 2.75. The van der Waals surface area contributed by atoms with Crippen molar-refractivity contribution in [3.05, 3.63) is 23.8 Å². The van der Waals surface area contributed by atoms with Crippen molar-refractivity contribution in [3.63, 3.8) is 0 Å². The molecule has 0 aliphatic carbocycles. The van der Waals surface area contributed by atoms with E-state index >= 15 is 0 Å². The monoisotopic (exact) mass is 295 g/mol. The first kappa shape index (κ1) is 16.1. The number of hydrogen-bond acceptors (Lipinski definition) is 5. The van der Waals surface area contributed by atoms with Crippen LogP contribution in [-0.2, 0) is 9.47 Å². The number of benzene rings is 1. The number of fused-ring (bicyclic) bond motifs is 1. The first-order valence-corrected chi connectivity index (χ1v) is 7.54. The van der Waals surface area contributed by atoms with E-state index in [4.69, 9.17) is 18.9 Å². The van der Waals surface area contributed by atoms with E-state index in [2.05, 4.69) is 18.3 Å². The molecule has 1 atom stereocenters. The Morgan fingerprint density at radius 2 is 2.00 bits per heavy atom. The number of nitrogens with one attached hydrogen (secondary N) is 1. The highest BCUT2D eigenvalue weighted by molar-refractivity contribution is 5.44. The van der Waals surface area contributed by atoms with Gasteiger partial charge >= 0.3 is 0 Å². The summed E-state index contributed by atoms with van der Waals surface area (Å²) in [5.41, 5.74) is 1.15. The summed E-state index contributed by atoms with van der Waals surface area (Å²) in [4.78, 5) is 0.